The predicted molar refractivity (Wildman–Crippen MR) is 124 cm³/mol. The molecule has 0 saturated heterocycles. The van der Waals surface area contributed by atoms with Crippen molar-refractivity contribution in [2.75, 3.05) is 0 Å². The highest BCUT2D eigenvalue weighted by Gasteiger charge is 2.44. The molecule has 1 aliphatic rings. The number of carbonyl (C=O) groups is 2. The molecule has 0 bridgehead atoms. The molecule has 0 radical (unpaired) electrons. The van der Waals surface area contributed by atoms with Gasteiger partial charge in [0.05, 0.1) is 23.9 Å². The molecular formula is C25H16Cl2N2O4. The van der Waals surface area contributed by atoms with E-state index in [9.17, 15) is 14.7 Å². The molecule has 8 heteroatoms. The van der Waals surface area contributed by atoms with Gasteiger partial charge in [-0.05, 0) is 54.1 Å². The van der Waals surface area contributed by atoms with Gasteiger partial charge < -0.3 is 14.4 Å². The first kappa shape index (κ1) is 21.2. The number of fused-ring (bicyclic) bond motifs is 1. The van der Waals surface area contributed by atoms with Gasteiger partial charge in [0.15, 0.2) is 11.5 Å². The van der Waals surface area contributed by atoms with E-state index in [0.29, 0.717) is 32.3 Å². The van der Waals surface area contributed by atoms with Crippen LogP contribution in [0.1, 0.15) is 27.9 Å². The van der Waals surface area contributed by atoms with Crippen LogP contribution in [0.5, 0.6) is 0 Å². The lowest BCUT2D eigenvalue weighted by molar-refractivity contribution is -0.130. The maximum Gasteiger partial charge on any atom is 0.290 e. The van der Waals surface area contributed by atoms with Crippen molar-refractivity contribution in [3.63, 3.8) is 0 Å². The lowest BCUT2D eigenvalue weighted by Crippen LogP contribution is -2.31. The summed E-state index contributed by atoms with van der Waals surface area (Å²) in [7, 11) is 0. The molecule has 3 heterocycles. The smallest absolute Gasteiger partial charge is 0.290 e. The third kappa shape index (κ3) is 3.88. The molecule has 164 valence electrons. The monoisotopic (exact) mass is 478 g/mol. The van der Waals surface area contributed by atoms with Gasteiger partial charge in [-0.2, -0.15) is 0 Å². The van der Waals surface area contributed by atoms with E-state index in [1.807, 2.05) is 0 Å². The zero-order valence-electron chi connectivity index (χ0n) is 17.0. The van der Waals surface area contributed by atoms with E-state index in [-0.39, 0.29) is 17.9 Å². The Labute approximate surface area is 198 Å². The van der Waals surface area contributed by atoms with Crippen LogP contribution in [-0.4, -0.2) is 26.7 Å². The van der Waals surface area contributed by atoms with E-state index >= 15 is 0 Å². The Morgan fingerprint density at radius 1 is 1.03 bits per heavy atom. The summed E-state index contributed by atoms with van der Waals surface area (Å²) in [5.74, 6) is -1.87. The van der Waals surface area contributed by atoms with Crippen LogP contribution in [0.3, 0.4) is 0 Å². The maximum absolute atomic E-state index is 13.5. The number of carbonyl (C=O) groups excluding carboxylic acids is 2. The number of benzene rings is 2. The number of hydrogen-bond acceptors (Lipinski definition) is 5. The number of rotatable bonds is 5. The lowest BCUT2D eigenvalue weighted by Gasteiger charge is -2.26. The van der Waals surface area contributed by atoms with Gasteiger partial charge in [-0.3, -0.25) is 14.6 Å². The maximum atomic E-state index is 13.5. The Hall–Kier alpha value is -3.61. The second-order valence-electron chi connectivity index (χ2n) is 7.59. The predicted octanol–water partition coefficient (Wildman–Crippen LogP) is 5.91. The topological polar surface area (TPSA) is 83.6 Å². The zero-order valence-corrected chi connectivity index (χ0v) is 18.5. The van der Waals surface area contributed by atoms with Crippen molar-refractivity contribution in [2.24, 2.45) is 0 Å². The molecule has 1 unspecified atom stereocenters. The Morgan fingerprint density at radius 3 is 2.52 bits per heavy atom. The summed E-state index contributed by atoms with van der Waals surface area (Å²) in [5, 5.41) is 12.5. The molecule has 4 aromatic rings. The third-order valence-corrected chi connectivity index (χ3v) is 5.98. The van der Waals surface area contributed by atoms with Gasteiger partial charge in [-0.1, -0.05) is 41.4 Å². The molecule has 1 amide bonds. The van der Waals surface area contributed by atoms with Gasteiger partial charge >= 0.3 is 0 Å². The molecule has 33 heavy (non-hydrogen) atoms. The minimum atomic E-state index is -0.846. The van der Waals surface area contributed by atoms with Crippen LogP contribution in [0.15, 0.2) is 88.7 Å². The number of furan rings is 1. The number of nitrogens with zero attached hydrogens (tertiary/aromatic N) is 2. The average Bonchev–Trinajstić information content (AvgIpc) is 3.34. The van der Waals surface area contributed by atoms with Gasteiger partial charge in [0.2, 0.25) is 5.78 Å². The van der Waals surface area contributed by atoms with E-state index in [4.69, 9.17) is 27.6 Å². The summed E-state index contributed by atoms with van der Waals surface area (Å²) in [5.41, 5.74) is 1.64. The van der Waals surface area contributed by atoms with Crippen LogP contribution in [0.4, 0.5) is 0 Å². The van der Waals surface area contributed by atoms with Gasteiger partial charge in [-0.25, -0.2) is 0 Å². The Kier molecular flexibility index (Phi) is 5.40. The third-order valence-electron chi connectivity index (χ3n) is 5.49. The number of ketones is 1. The van der Waals surface area contributed by atoms with E-state index < -0.39 is 23.5 Å². The first-order valence-electron chi connectivity index (χ1n) is 10.1. The van der Waals surface area contributed by atoms with Crippen molar-refractivity contribution in [2.45, 2.75) is 12.6 Å². The highest BCUT2D eigenvalue weighted by molar-refractivity contribution is 6.31. The Balaban J connectivity index is 1.60. The van der Waals surface area contributed by atoms with E-state index in [1.165, 1.54) is 4.90 Å². The molecule has 0 spiro atoms. The number of aromatic nitrogens is 1. The molecule has 6 nitrogen and oxygen atoms in total. The summed E-state index contributed by atoms with van der Waals surface area (Å²) < 4.78 is 5.72. The Morgan fingerprint density at radius 2 is 1.79 bits per heavy atom. The minimum Gasteiger partial charge on any atom is -0.503 e. The second kappa shape index (κ2) is 8.39. The SMILES string of the molecule is O=C(C1=C(O)C(=O)N(Cc2ccccn2)C1c1ccc(Cl)cc1)c1cc2cc(Cl)ccc2o1. The highest BCUT2D eigenvalue weighted by Crippen LogP contribution is 2.40. The fourth-order valence-corrected chi connectivity index (χ4v) is 4.27. The zero-order chi connectivity index (χ0) is 23.1. The molecule has 1 N–H and O–H groups in total. The molecule has 5 rings (SSSR count). The van der Waals surface area contributed by atoms with Crippen molar-refractivity contribution < 1.29 is 19.1 Å². The number of hydrogen-bond donors (Lipinski definition) is 1. The first-order valence-corrected chi connectivity index (χ1v) is 10.8. The number of aliphatic hydroxyl groups is 1. The fraction of sp³-hybridized carbons (Fsp3) is 0.0800. The van der Waals surface area contributed by atoms with Crippen molar-refractivity contribution in [1.82, 2.24) is 9.88 Å². The summed E-state index contributed by atoms with van der Waals surface area (Å²) >= 11 is 12.1. The number of Topliss-reactive ketones (excluding diaryl/α,β-unsaturated/α-hetero) is 1. The molecule has 1 aliphatic heterocycles. The lowest BCUT2D eigenvalue weighted by atomic mass is 9.95. The number of pyridine rings is 1. The van der Waals surface area contributed by atoms with Crippen LogP contribution in [-0.2, 0) is 11.3 Å². The number of aliphatic hydroxyl groups excluding tert-OH is 1. The van der Waals surface area contributed by atoms with E-state index in [0.717, 1.165) is 0 Å². The minimum absolute atomic E-state index is 0.000247. The second-order valence-corrected chi connectivity index (χ2v) is 8.47. The van der Waals surface area contributed by atoms with Gasteiger partial charge in [0.25, 0.3) is 5.91 Å². The van der Waals surface area contributed by atoms with E-state index in [2.05, 4.69) is 4.98 Å². The summed E-state index contributed by atoms with van der Waals surface area (Å²) in [6, 6.07) is 17.8. The van der Waals surface area contributed by atoms with E-state index in [1.54, 1.807) is 72.9 Å². The molecule has 2 aromatic carbocycles. The van der Waals surface area contributed by atoms with Gasteiger partial charge in [0, 0.05) is 21.6 Å². The van der Waals surface area contributed by atoms with Crippen LogP contribution < -0.4 is 0 Å². The van der Waals surface area contributed by atoms with Crippen LogP contribution in [0.2, 0.25) is 10.0 Å². The number of amides is 1. The van der Waals surface area contributed by atoms with Gasteiger partial charge in [0.1, 0.15) is 5.58 Å². The molecular weight excluding hydrogens is 463 g/mol. The molecule has 0 aliphatic carbocycles. The summed E-state index contributed by atoms with van der Waals surface area (Å²) in [4.78, 5) is 32.3. The van der Waals surface area contributed by atoms with Gasteiger partial charge in [-0.15, -0.1) is 0 Å². The van der Waals surface area contributed by atoms with Crippen LogP contribution in [0, 0.1) is 0 Å². The highest BCUT2D eigenvalue weighted by atomic mass is 35.5. The molecule has 1 atom stereocenters. The standard InChI is InChI=1S/C25H16Cl2N2O4/c26-16-6-4-14(5-7-16)22-21(23(30)20-12-15-11-17(27)8-9-19(15)33-20)24(31)25(32)29(22)13-18-3-1-2-10-28-18/h1-12,22,31H,13H2. The van der Waals surface area contributed by atoms with Crippen molar-refractivity contribution >= 4 is 45.9 Å². The van der Waals surface area contributed by atoms with Crippen LogP contribution >= 0.6 is 23.2 Å². The largest absolute Gasteiger partial charge is 0.503 e. The van der Waals surface area contributed by atoms with Crippen molar-refractivity contribution in [3.8, 4) is 0 Å². The van der Waals surface area contributed by atoms with Crippen LogP contribution in [0.25, 0.3) is 11.0 Å². The van der Waals surface area contributed by atoms with Crippen molar-refractivity contribution in [3.05, 3.63) is 111 Å². The molecule has 2 aromatic heterocycles. The first-order chi connectivity index (χ1) is 15.9. The number of halogens is 2. The summed E-state index contributed by atoms with van der Waals surface area (Å²) in [6.07, 6.45) is 1.62. The Bertz CT molecular complexity index is 1410. The molecule has 0 saturated carbocycles. The quantitative estimate of drug-likeness (QED) is 0.360. The molecule has 0 fully saturated rings. The average molecular weight is 479 g/mol. The van der Waals surface area contributed by atoms with Crippen molar-refractivity contribution in [1.29, 1.82) is 0 Å². The fourth-order valence-electron chi connectivity index (χ4n) is 3.97. The normalized spacial score (nSPS) is 16.1. The summed E-state index contributed by atoms with van der Waals surface area (Å²) in [6.45, 7) is 0.101.